The standard InChI is InChI=1S/C16H28F3N5O/c1-3-20-15(22-7-6-21-14(25)13-4-5-13)24-10-8-23(9-11-24)12(2)16(17,18)19/h12-13H,3-11H2,1-2H3,(H,20,22)(H,21,25). The first-order valence-electron chi connectivity index (χ1n) is 8.94. The van der Waals surface area contributed by atoms with Crippen LogP contribution in [0.15, 0.2) is 4.99 Å². The van der Waals surface area contributed by atoms with Gasteiger partial charge in [0.05, 0.1) is 6.54 Å². The first kappa shape index (κ1) is 19.8. The summed E-state index contributed by atoms with van der Waals surface area (Å²) in [5.74, 6) is 0.971. The predicted molar refractivity (Wildman–Crippen MR) is 90.4 cm³/mol. The monoisotopic (exact) mass is 363 g/mol. The molecule has 1 unspecified atom stereocenters. The smallest absolute Gasteiger partial charge is 0.357 e. The molecule has 144 valence electrons. The number of piperazine rings is 1. The van der Waals surface area contributed by atoms with Crippen molar-refractivity contribution in [1.82, 2.24) is 20.4 Å². The lowest BCUT2D eigenvalue weighted by molar-refractivity contribution is -0.181. The number of halogens is 3. The highest BCUT2D eigenvalue weighted by Crippen LogP contribution is 2.28. The Hall–Kier alpha value is -1.51. The van der Waals surface area contributed by atoms with Crippen LogP contribution in [0.5, 0.6) is 0 Å². The maximum Gasteiger partial charge on any atom is 0.403 e. The summed E-state index contributed by atoms with van der Waals surface area (Å²) in [6, 6.07) is -1.42. The predicted octanol–water partition coefficient (Wildman–Crippen LogP) is 1.05. The largest absolute Gasteiger partial charge is 0.403 e. The molecule has 9 heteroatoms. The van der Waals surface area contributed by atoms with Crippen molar-refractivity contribution >= 4 is 11.9 Å². The van der Waals surface area contributed by atoms with E-state index in [0.717, 1.165) is 12.8 Å². The van der Waals surface area contributed by atoms with E-state index in [-0.39, 0.29) is 11.8 Å². The van der Waals surface area contributed by atoms with Crippen LogP contribution in [0.1, 0.15) is 26.7 Å². The molecule has 1 saturated carbocycles. The molecular formula is C16H28F3N5O. The van der Waals surface area contributed by atoms with Gasteiger partial charge >= 0.3 is 6.18 Å². The first-order chi connectivity index (χ1) is 11.8. The summed E-state index contributed by atoms with van der Waals surface area (Å²) in [5, 5.41) is 6.03. The molecule has 0 radical (unpaired) electrons. The summed E-state index contributed by atoms with van der Waals surface area (Å²) >= 11 is 0. The van der Waals surface area contributed by atoms with Crippen LogP contribution in [0, 0.1) is 5.92 Å². The molecule has 1 amide bonds. The van der Waals surface area contributed by atoms with Gasteiger partial charge in [0.2, 0.25) is 5.91 Å². The van der Waals surface area contributed by atoms with Gasteiger partial charge in [-0.3, -0.25) is 14.7 Å². The number of alkyl halides is 3. The second kappa shape index (κ2) is 8.73. The number of nitrogens with zero attached hydrogens (tertiary/aromatic N) is 3. The van der Waals surface area contributed by atoms with E-state index in [1.165, 1.54) is 11.8 Å². The molecule has 1 heterocycles. The maximum absolute atomic E-state index is 12.8. The summed E-state index contributed by atoms with van der Waals surface area (Å²) in [6.07, 6.45) is -2.25. The van der Waals surface area contributed by atoms with Crippen LogP contribution >= 0.6 is 0 Å². The van der Waals surface area contributed by atoms with Crippen molar-refractivity contribution in [3.8, 4) is 0 Å². The van der Waals surface area contributed by atoms with Gasteiger partial charge < -0.3 is 15.5 Å². The number of nitrogens with one attached hydrogen (secondary N) is 2. The van der Waals surface area contributed by atoms with Crippen molar-refractivity contribution in [1.29, 1.82) is 0 Å². The summed E-state index contributed by atoms with van der Waals surface area (Å²) in [5.41, 5.74) is 0. The third-order valence-electron chi connectivity index (χ3n) is 4.59. The highest BCUT2D eigenvalue weighted by atomic mass is 19.4. The summed E-state index contributed by atoms with van der Waals surface area (Å²) < 4.78 is 38.4. The van der Waals surface area contributed by atoms with E-state index >= 15 is 0 Å². The van der Waals surface area contributed by atoms with Gasteiger partial charge in [-0.15, -0.1) is 0 Å². The highest BCUT2D eigenvalue weighted by molar-refractivity contribution is 5.81. The quantitative estimate of drug-likeness (QED) is 0.421. The maximum atomic E-state index is 12.8. The lowest BCUT2D eigenvalue weighted by Crippen LogP contribution is -2.56. The Balaban J connectivity index is 1.79. The third kappa shape index (κ3) is 6.05. The number of carbonyl (C=O) groups excluding carboxylic acids is 1. The van der Waals surface area contributed by atoms with Gasteiger partial charge in [0, 0.05) is 45.2 Å². The van der Waals surface area contributed by atoms with E-state index in [0.29, 0.717) is 51.8 Å². The van der Waals surface area contributed by atoms with Crippen molar-refractivity contribution < 1.29 is 18.0 Å². The van der Waals surface area contributed by atoms with E-state index in [9.17, 15) is 18.0 Å². The summed E-state index contributed by atoms with van der Waals surface area (Å²) in [6.45, 7) is 6.49. The molecule has 1 saturated heterocycles. The van der Waals surface area contributed by atoms with Crippen LogP contribution in [0.4, 0.5) is 13.2 Å². The Morgan fingerprint density at radius 2 is 1.84 bits per heavy atom. The zero-order valence-corrected chi connectivity index (χ0v) is 14.9. The van der Waals surface area contributed by atoms with Crippen LogP contribution < -0.4 is 10.6 Å². The Morgan fingerprint density at radius 3 is 2.36 bits per heavy atom. The van der Waals surface area contributed by atoms with Crippen molar-refractivity contribution in [2.45, 2.75) is 38.9 Å². The van der Waals surface area contributed by atoms with Crippen molar-refractivity contribution in [2.75, 3.05) is 45.8 Å². The molecule has 0 bridgehead atoms. The number of carbonyl (C=O) groups is 1. The molecule has 0 aromatic rings. The van der Waals surface area contributed by atoms with E-state index in [2.05, 4.69) is 15.6 Å². The summed E-state index contributed by atoms with van der Waals surface area (Å²) in [4.78, 5) is 19.5. The fourth-order valence-corrected chi connectivity index (χ4v) is 2.78. The molecule has 0 aromatic carbocycles. The molecule has 2 rings (SSSR count). The van der Waals surface area contributed by atoms with Gasteiger partial charge in [-0.2, -0.15) is 13.2 Å². The SMILES string of the molecule is CCNC(=NCCNC(=O)C1CC1)N1CCN(C(C)C(F)(F)F)CC1. The molecule has 25 heavy (non-hydrogen) atoms. The normalized spacial score (nSPS) is 21.2. The van der Waals surface area contributed by atoms with Gasteiger partial charge in [-0.05, 0) is 26.7 Å². The summed E-state index contributed by atoms with van der Waals surface area (Å²) in [7, 11) is 0. The second-order valence-electron chi connectivity index (χ2n) is 6.54. The Bertz CT molecular complexity index is 471. The fraction of sp³-hybridized carbons (Fsp3) is 0.875. The lowest BCUT2D eigenvalue weighted by atomic mass is 10.2. The fourth-order valence-electron chi connectivity index (χ4n) is 2.78. The lowest BCUT2D eigenvalue weighted by Gasteiger charge is -2.39. The van der Waals surface area contributed by atoms with Crippen LogP contribution in [-0.2, 0) is 4.79 Å². The van der Waals surface area contributed by atoms with Crippen LogP contribution in [-0.4, -0.2) is 79.7 Å². The molecular weight excluding hydrogens is 335 g/mol. The van der Waals surface area contributed by atoms with Crippen LogP contribution in [0.3, 0.4) is 0 Å². The molecule has 2 N–H and O–H groups in total. The molecule has 6 nitrogen and oxygen atoms in total. The Kier molecular flexibility index (Phi) is 6.92. The van der Waals surface area contributed by atoms with Gasteiger partial charge in [-0.25, -0.2) is 0 Å². The van der Waals surface area contributed by atoms with Gasteiger partial charge in [0.1, 0.15) is 6.04 Å². The zero-order chi connectivity index (χ0) is 18.4. The van der Waals surface area contributed by atoms with Crippen molar-refractivity contribution in [3.05, 3.63) is 0 Å². The average Bonchev–Trinajstić information content (AvgIpc) is 3.41. The number of aliphatic imine (C=N–C) groups is 1. The van der Waals surface area contributed by atoms with Gasteiger partial charge in [-0.1, -0.05) is 0 Å². The molecule has 0 aromatic heterocycles. The average molecular weight is 363 g/mol. The van der Waals surface area contributed by atoms with Gasteiger partial charge in [0.15, 0.2) is 5.96 Å². The molecule has 0 spiro atoms. The third-order valence-corrected chi connectivity index (χ3v) is 4.59. The van der Waals surface area contributed by atoms with E-state index in [1.807, 2.05) is 11.8 Å². The molecule has 2 fully saturated rings. The second-order valence-corrected chi connectivity index (χ2v) is 6.54. The molecule has 1 atom stereocenters. The highest BCUT2D eigenvalue weighted by Gasteiger charge is 2.41. The van der Waals surface area contributed by atoms with Gasteiger partial charge in [0.25, 0.3) is 0 Å². The number of amides is 1. The van der Waals surface area contributed by atoms with E-state index in [1.54, 1.807) is 0 Å². The molecule has 1 aliphatic carbocycles. The minimum atomic E-state index is -4.19. The topological polar surface area (TPSA) is 60.0 Å². The van der Waals surface area contributed by atoms with Crippen LogP contribution in [0.25, 0.3) is 0 Å². The Labute approximate surface area is 146 Å². The van der Waals surface area contributed by atoms with E-state index < -0.39 is 12.2 Å². The van der Waals surface area contributed by atoms with Crippen LogP contribution in [0.2, 0.25) is 0 Å². The minimum absolute atomic E-state index is 0.0925. The molecule has 1 aliphatic heterocycles. The van der Waals surface area contributed by atoms with E-state index in [4.69, 9.17) is 0 Å². The number of rotatable bonds is 6. The van der Waals surface area contributed by atoms with Crippen molar-refractivity contribution in [3.63, 3.8) is 0 Å². The zero-order valence-electron chi connectivity index (χ0n) is 14.9. The first-order valence-corrected chi connectivity index (χ1v) is 8.94. The number of hydrogen-bond donors (Lipinski definition) is 2. The number of guanidine groups is 1. The minimum Gasteiger partial charge on any atom is -0.357 e. The van der Waals surface area contributed by atoms with Crippen molar-refractivity contribution in [2.24, 2.45) is 10.9 Å². The number of hydrogen-bond acceptors (Lipinski definition) is 3. The molecule has 2 aliphatic rings. The Morgan fingerprint density at radius 1 is 1.20 bits per heavy atom.